The van der Waals surface area contributed by atoms with Gasteiger partial charge in [0.25, 0.3) is 0 Å². The van der Waals surface area contributed by atoms with Gasteiger partial charge >= 0.3 is 0 Å². The monoisotopic (exact) mass is 381 g/mol. The van der Waals surface area contributed by atoms with Crippen molar-refractivity contribution in [3.05, 3.63) is 48.5 Å². The highest BCUT2D eigenvalue weighted by Crippen LogP contribution is 2.32. The van der Waals surface area contributed by atoms with E-state index in [9.17, 15) is 0 Å². The Morgan fingerprint density at radius 3 is 3.04 bits per heavy atom. The van der Waals surface area contributed by atoms with Crippen LogP contribution in [0.1, 0.15) is 18.5 Å². The minimum Gasteiger partial charge on any atom is -0.376 e. The van der Waals surface area contributed by atoms with Gasteiger partial charge in [-0.05, 0) is 18.9 Å². The van der Waals surface area contributed by atoms with Crippen LogP contribution in [-0.4, -0.2) is 37.6 Å². The maximum Gasteiger partial charge on any atom is 0.191 e. The summed E-state index contributed by atoms with van der Waals surface area (Å²) >= 11 is 1.61. The summed E-state index contributed by atoms with van der Waals surface area (Å²) in [5.74, 6) is 1.55. The van der Waals surface area contributed by atoms with Crippen LogP contribution in [0, 0.1) is 0 Å². The van der Waals surface area contributed by atoms with Crippen LogP contribution < -0.4 is 0 Å². The van der Waals surface area contributed by atoms with E-state index in [4.69, 9.17) is 9.26 Å². The van der Waals surface area contributed by atoms with Gasteiger partial charge in [0, 0.05) is 41.1 Å². The van der Waals surface area contributed by atoms with Crippen LogP contribution in [0.3, 0.4) is 0 Å². The summed E-state index contributed by atoms with van der Waals surface area (Å²) in [6.07, 6.45) is 5.98. The van der Waals surface area contributed by atoms with E-state index in [2.05, 4.69) is 37.0 Å². The number of aromatic nitrogens is 5. The molecule has 4 heterocycles. The molecule has 5 rings (SSSR count). The highest BCUT2D eigenvalue weighted by Gasteiger charge is 2.23. The van der Waals surface area contributed by atoms with Gasteiger partial charge in [0.2, 0.25) is 0 Å². The van der Waals surface area contributed by atoms with Crippen molar-refractivity contribution in [3.8, 4) is 11.4 Å². The molecule has 0 spiro atoms. The second kappa shape index (κ2) is 7.21. The first kappa shape index (κ1) is 16.6. The Morgan fingerprint density at radius 1 is 1.22 bits per heavy atom. The lowest BCUT2D eigenvalue weighted by Crippen LogP contribution is -2.16. The maximum absolute atomic E-state index is 5.87. The largest absolute Gasteiger partial charge is 0.376 e. The van der Waals surface area contributed by atoms with Crippen molar-refractivity contribution >= 4 is 22.7 Å². The van der Waals surface area contributed by atoms with Crippen LogP contribution in [0.15, 0.2) is 52.5 Å². The van der Waals surface area contributed by atoms with Crippen LogP contribution >= 0.6 is 11.8 Å². The zero-order chi connectivity index (χ0) is 18.1. The van der Waals surface area contributed by atoms with Gasteiger partial charge in [0.05, 0.1) is 18.3 Å². The quantitative estimate of drug-likeness (QED) is 0.510. The normalized spacial score (nSPS) is 17.1. The summed E-state index contributed by atoms with van der Waals surface area (Å²) in [5, 5.41) is 15.0. The Balaban J connectivity index is 1.51. The number of hydrogen-bond acceptors (Lipinski definition) is 6. The topological polar surface area (TPSA) is 81.8 Å². The molecule has 1 unspecified atom stereocenters. The van der Waals surface area contributed by atoms with E-state index in [1.54, 1.807) is 18.0 Å². The molecule has 138 valence electrons. The number of para-hydroxylation sites is 1. The van der Waals surface area contributed by atoms with E-state index in [0.717, 1.165) is 59.1 Å². The van der Waals surface area contributed by atoms with Crippen molar-refractivity contribution in [1.82, 2.24) is 24.9 Å². The standard InChI is InChI=1S/C19H19N5O2S/c1-2-6-17-15(5-1)16(10-20-17)18-21-22-19(27-12-13-7-9-26-23-13)24(18)11-14-4-3-8-25-14/h1-2,5-7,9-10,14,20H,3-4,8,11-12H2. The van der Waals surface area contributed by atoms with Gasteiger partial charge in [-0.25, -0.2) is 0 Å². The zero-order valence-corrected chi connectivity index (χ0v) is 15.5. The molecule has 7 nitrogen and oxygen atoms in total. The average molecular weight is 381 g/mol. The Hall–Kier alpha value is -2.58. The molecule has 1 saturated heterocycles. The molecule has 0 saturated carbocycles. The summed E-state index contributed by atoms with van der Waals surface area (Å²) < 4.78 is 13.0. The van der Waals surface area contributed by atoms with Gasteiger partial charge in [0.15, 0.2) is 11.0 Å². The number of rotatable bonds is 6. The molecule has 0 aliphatic carbocycles. The molecule has 8 heteroatoms. The first-order valence-corrected chi connectivity index (χ1v) is 10.0. The molecular weight excluding hydrogens is 362 g/mol. The maximum atomic E-state index is 5.87. The molecule has 1 aliphatic rings. The van der Waals surface area contributed by atoms with E-state index in [1.807, 2.05) is 24.4 Å². The molecule has 3 aromatic heterocycles. The van der Waals surface area contributed by atoms with Gasteiger partial charge in [-0.3, -0.25) is 4.57 Å². The first-order chi connectivity index (χ1) is 13.4. The molecular formula is C19H19N5O2S. The highest BCUT2D eigenvalue weighted by atomic mass is 32.2. The van der Waals surface area contributed by atoms with E-state index in [-0.39, 0.29) is 6.10 Å². The number of aromatic amines is 1. The predicted molar refractivity (Wildman–Crippen MR) is 102 cm³/mol. The third kappa shape index (κ3) is 3.26. The lowest BCUT2D eigenvalue weighted by Gasteiger charge is -2.14. The number of ether oxygens (including phenoxy) is 1. The Morgan fingerprint density at radius 2 is 2.19 bits per heavy atom. The molecule has 1 atom stereocenters. The fourth-order valence-corrected chi connectivity index (χ4v) is 4.30. The van der Waals surface area contributed by atoms with Crippen molar-refractivity contribution in [2.75, 3.05) is 6.61 Å². The Kier molecular flexibility index (Phi) is 4.43. The number of nitrogens with zero attached hydrogens (tertiary/aromatic N) is 4. The molecule has 1 aromatic carbocycles. The number of H-pyrrole nitrogens is 1. The van der Waals surface area contributed by atoms with Gasteiger partial charge in [-0.15, -0.1) is 10.2 Å². The second-order valence-corrected chi connectivity index (χ2v) is 7.52. The van der Waals surface area contributed by atoms with Crippen molar-refractivity contribution in [2.45, 2.75) is 36.4 Å². The molecule has 1 aliphatic heterocycles. The Bertz CT molecular complexity index is 1030. The lowest BCUT2D eigenvalue weighted by molar-refractivity contribution is 0.0953. The Labute approximate surface area is 160 Å². The zero-order valence-electron chi connectivity index (χ0n) is 14.7. The lowest BCUT2D eigenvalue weighted by atomic mass is 10.1. The predicted octanol–water partition coefficient (Wildman–Crippen LogP) is 3.89. The van der Waals surface area contributed by atoms with Gasteiger partial charge in [0.1, 0.15) is 6.26 Å². The van der Waals surface area contributed by atoms with Crippen LogP contribution in [0.4, 0.5) is 0 Å². The molecule has 27 heavy (non-hydrogen) atoms. The number of thioether (sulfide) groups is 1. The summed E-state index contributed by atoms with van der Waals surface area (Å²) in [6.45, 7) is 1.58. The van der Waals surface area contributed by atoms with Crippen LogP contribution in [-0.2, 0) is 17.0 Å². The van der Waals surface area contributed by atoms with Crippen LogP contribution in [0.25, 0.3) is 22.3 Å². The van der Waals surface area contributed by atoms with Crippen LogP contribution in [0.5, 0.6) is 0 Å². The van der Waals surface area contributed by atoms with Gasteiger partial charge < -0.3 is 14.2 Å². The first-order valence-electron chi connectivity index (χ1n) is 9.02. The molecule has 0 amide bonds. The van der Waals surface area contributed by atoms with Crippen molar-refractivity contribution in [2.24, 2.45) is 0 Å². The SMILES string of the molecule is c1ccc2c(-c3nnc(SCc4ccon4)n3CC3CCCO3)c[nH]c2c1. The van der Waals surface area contributed by atoms with Crippen LogP contribution in [0.2, 0.25) is 0 Å². The minimum atomic E-state index is 0.205. The number of nitrogens with one attached hydrogen (secondary N) is 1. The second-order valence-electron chi connectivity index (χ2n) is 6.58. The molecule has 0 bridgehead atoms. The van der Waals surface area contributed by atoms with Crippen molar-refractivity contribution in [3.63, 3.8) is 0 Å². The van der Waals surface area contributed by atoms with E-state index < -0.39 is 0 Å². The van der Waals surface area contributed by atoms with E-state index in [0.29, 0.717) is 5.75 Å². The fourth-order valence-electron chi connectivity index (χ4n) is 3.46. The number of fused-ring (bicyclic) bond motifs is 1. The molecule has 1 N–H and O–H groups in total. The summed E-state index contributed by atoms with van der Waals surface area (Å²) in [4.78, 5) is 3.33. The molecule has 1 fully saturated rings. The van der Waals surface area contributed by atoms with Crippen molar-refractivity contribution in [1.29, 1.82) is 0 Å². The highest BCUT2D eigenvalue weighted by molar-refractivity contribution is 7.98. The minimum absolute atomic E-state index is 0.205. The summed E-state index contributed by atoms with van der Waals surface area (Å²) in [6, 6.07) is 10.1. The fraction of sp³-hybridized carbons (Fsp3) is 0.316. The smallest absolute Gasteiger partial charge is 0.191 e. The molecule has 4 aromatic rings. The third-order valence-corrected chi connectivity index (χ3v) is 5.80. The average Bonchev–Trinajstić information content (AvgIpc) is 3.48. The van der Waals surface area contributed by atoms with Gasteiger partial charge in [-0.2, -0.15) is 0 Å². The number of hydrogen-bond donors (Lipinski definition) is 1. The summed E-state index contributed by atoms with van der Waals surface area (Å²) in [5.41, 5.74) is 3.04. The van der Waals surface area contributed by atoms with E-state index >= 15 is 0 Å². The van der Waals surface area contributed by atoms with E-state index in [1.165, 1.54) is 0 Å². The third-order valence-electron chi connectivity index (χ3n) is 4.80. The number of benzene rings is 1. The molecule has 0 radical (unpaired) electrons. The summed E-state index contributed by atoms with van der Waals surface area (Å²) in [7, 11) is 0. The van der Waals surface area contributed by atoms with Gasteiger partial charge in [-0.1, -0.05) is 35.1 Å². The van der Waals surface area contributed by atoms with Crippen molar-refractivity contribution < 1.29 is 9.26 Å².